The number of hydrogen-bond donors (Lipinski definition) is 1. The van der Waals surface area contributed by atoms with Crippen LogP contribution in [-0.2, 0) is 6.42 Å². The normalized spacial score (nSPS) is 11.6. The average Bonchev–Trinajstić information content (AvgIpc) is 2.94. The van der Waals surface area contributed by atoms with Crippen molar-refractivity contribution in [1.29, 1.82) is 0 Å². The van der Waals surface area contributed by atoms with Gasteiger partial charge in [-0.2, -0.15) is 0 Å². The minimum absolute atomic E-state index is 0.868. The highest BCUT2D eigenvalue weighted by atomic mass is 14.9. The quantitative estimate of drug-likeness (QED) is 0.559. The Balaban J connectivity index is 1.55. The molecular weight excluding hydrogens is 256 g/mol. The third-order valence-corrected chi connectivity index (χ3v) is 4.21. The highest BCUT2D eigenvalue weighted by Gasteiger charge is 2.03. The van der Waals surface area contributed by atoms with Gasteiger partial charge in [-0.3, -0.25) is 0 Å². The molecule has 1 aromatic heterocycles. The number of unbranched alkanes of at least 4 members (excludes halogenated alkanes) is 6. The van der Waals surface area contributed by atoms with Crippen LogP contribution in [0.15, 0.2) is 18.2 Å². The molecule has 1 aromatic carbocycles. The van der Waals surface area contributed by atoms with Gasteiger partial charge in [0.2, 0.25) is 0 Å². The molecule has 2 aromatic rings. The maximum atomic E-state index is 4.30. The highest BCUT2D eigenvalue weighted by Crippen LogP contribution is 2.18. The number of aryl methyl sites for hydroxylation is 1. The summed E-state index contributed by atoms with van der Waals surface area (Å²) >= 11 is 0. The molecule has 2 rings (SSSR count). The van der Waals surface area contributed by atoms with Crippen LogP contribution in [0.2, 0.25) is 0 Å². The molecule has 1 radical (unpaired) electrons. The van der Waals surface area contributed by atoms with Gasteiger partial charge >= 0.3 is 0 Å². The number of rotatable bonds is 10. The largest absolute Gasteiger partial charge is 0.335 e. The van der Waals surface area contributed by atoms with Gasteiger partial charge in [-0.15, -0.1) is 0 Å². The summed E-state index contributed by atoms with van der Waals surface area (Å²) in [5.41, 5.74) is 3.57. The first-order valence-corrected chi connectivity index (χ1v) is 8.61. The molecule has 0 aliphatic carbocycles. The first-order chi connectivity index (χ1) is 10.3. The Kier molecular flexibility index (Phi) is 6.78. The summed E-state index contributed by atoms with van der Waals surface area (Å²) in [6.07, 6.45) is 15.0. The van der Waals surface area contributed by atoms with Gasteiger partial charge < -0.3 is 4.98 Å². The second kappa shape index (κ2) is 8.86. The maximum absolute atomic E-state index is 4.30. The SMILES string of the molecule is CC(C)CCCCCCCCCc1cccc2[nH][c]nc12. The molecule has 2 heteroatoms. The zero-order valence-electron chi connectivity index (χ0n) is 13.6. The Morgan fingerprint density at radius 1 is 1.00 bits per heavy atom. The molecule has 0 amide bonds. The molecule has 0 unspecified atom stereocenters. The Hall–Kier alpha value is -1.31. The fourth-order valence-electron chi connectivity index (χ4n) is 2.92. The lowest BCUT2D eigenvalue weighted by atomic mass is 10.0. The van der Waals surface area contributed by atoms with E-state index in [0.29, 0.717) is 0 Å². The van der Waals surface area contributed by atoms with E-state index in [4.69, 9.17) is 0 Å². The molecule has 2 nitrogen and oxygen atoms in total. The first kappa shape index (κ1) is 16.1. The van der Waals surface area contributed by atoms with Crippen LogP contribution in [0.5, 0.6) is 0 Å². The summed E-state index contributed by atoms with van der Waals surface area (Å²) in [5, 5.41) is 0. The van der Waals surface area contributed by atoms with Crippen LogP contribution in [-0.4, -0.2) is 9.97 Å². The molecule has 1 heterocycles. The van der Waals surface area contributed by atoms with Crippen molar-refractivity contribution >= 4 is 11.0 Å². The van der Waals surface area contributed by atoms with Crippen molar-refractivity contribution in [1.82, 2.24) is 9.97 Å². The monoisotopic (exact) mass is 285 g/mol. The van der Waals surface area contributed by atoms with Crippen LogP contribution < -0.4 is 0 Å². The summed E-state index contributed by atoms with van der Waals surface area (Å²) in [6.45, 7) is 4.63. The van der Waals surface area contributed by atoms with Crippen molar-refractivity contribution in [3.05, 3.63) is 30.1 Å². The lowest BCUT2D eigenvalue weighted by molar-refractivity contribution is 0.509. The van der Waals surface area contributed by atoms with E-state index in [-0.39, 0.29) is 0 Å². The van der Waals surface area contributed by atoms with Gasteiger partial charge in [0.15, 0.2) is 6.33 Å². The number of nitrogens with one attached hydrogen (secondary N) is 1. The smallest absolute Gasteiger partial charge is 0.174 e. The number of aromatic nitrogens is 2. The lowest BCUT2D eigenvalue weighted by Gasteiger charge is -2.05. The second-order valence-electron chi connectivity index (χ2n) is 6.57. The van der Waals surface area contributed by atoms with E-state index in [1.165, 1.54) is 56.9 Å². The summed E-state index contributed by atoms with van der Waals surface area (Å²) in [5.74, 6) is 0.868. The predicted octanol–water partition coefficient (Wildman–Crippen LogP) is 5.68. The number of aromatic amines is 1. The van der Waals surface area contributed by atoms with E-state index in [0.717, 1.165) is 23.4 Å². The number of para-hydroxylation sites is 1. The van der Waals surface area contributed by atoms with Gasteiger partial charge in [-0.25, -0.2) is 4.98 Å². The summed E-state index contributed by atoms with van der Waals surface area (Å²) in [7, 11) is 0. The molecule has 1 N–H and O–H groups in total. The Labute approximate surface area is 129 Å². The third kappa shape index (κ3) is 5.53. The summed E-state index contributed by atoms with van der Waals surface area (Å²) in [4.78, 5) is 7.36. The molecule has 0 aliphatic rings. The van der Waals surface area contributed by atoms with Gasteiger partial charge in [0.25, 0.3) is 0 Å². The van der Waals surface area contributed by atoms with Gasteiger partial charge in [0, 0.05) is 0 Å². The third-order valence-electron chi connectivity index (χ3n) is 4.21. The molecule has 0 fully saturated rings. The van der Waals surface area contributed by atoms with Crippen molar-refractivity contribution in [2.75, 3.05) is 0 Å². The predicted molar refractivity (Wildman–Crippen MR) is 90.4 cm³/mol. The molecule has 0 spiro atoms. The Morgan fingerprint density at radius 2 is 1.71 bits per heavy atom. The van der Waals surface area contributed by atoms with Crippen LogP contribution in [0.1, 0.15) is 70.8 Å². The van der Waals surface area contributed by atoms with E-state index < -0.39 is 0 Å². The van der Waals surface area contributed by atoms with Crippen LogP contribution in [0.3, 0.4) is 0 Å². The topological polar surface area (TPSA) is 28.7 Å². The maximum Gasteiger partial charge on any atom is 0.174 e. The van der Waals surface area contributed by atoms with E-state index in [1.807, 2.05) is 0 Å². The van der Waals surface area contributed by atoms with Crippen molar-refractivity contribution in [3.8, 4) is 0 Å². The molecule has 0 aliphatic heterocycles. The first-order valence-electron chi connectivity index (χ1n) is 8.61. The van der Waals surface area contributed by atoms with E-state index in [2.05, 4.69) is 48.3 Å². The zero-order chi connectivity index (χ0) is 14.9. The molecule has 21 heavy (non-hydrogen) atoms. The highest BCUT2D eigenvalue weighted by molar-refractivity contribution is 5.77. The number of imidazole rings is 1. The Morgan fingerprint density at radius 3 is 2.48 bits per heavy atom. The number of nitrogens with zero attached hydrogens (tertiary/aromatic N) is 1. The van der Waals surface area contributed by atoms with Crippen molar-refractivity contribution in [3.63, 3.8) is 0 Å². The number of benzene rings is 1. The lowest BCUT2D eigenvalue weighted by Crippen LogP contribution is -1.89. The van der Waals surface area contributed by atoms with Crippen molar-refractivity contribution in [2.45, 2.75) is 71.6 Å². The summed E-state index contributed by atoms with van der Waals surface area (Å²) in [6, 6.07) is 6.38. The van der Waals surface area contributed by atoms with Crippen LogP contribution in [0, 0.1) is 12.2 Å². The minimum atomic E-state index is 0.868. The molecule has 0 atom stereocenters. The van der Waals surface area contributed by atoms with Crippen LogP contribution >= 0.6 is 0 Å². The van der Waals surface area contributed by atoms with Crippen molar-refractivity contribution < 1.29 is 0 Å². The fourth-order valence-corrected chi connectivity index (χ4v) is 2.92. The molecule has 115 valence electrons. The number of hydrogen-bond acceptors (Lipinski definition) is 1. The molecule has 0 saturated heterocycles. The van der Waals surface area contributed by atoms with Gasteiger partial charge in [0.05, 0.1) is 11.0 Å². The fraction of sp³-hybridized carbons (Fsp3) is 0.632. The zero-order valence-corrected chi connectivity index (χ0v) is 13.6. The van der Waals surface area contributed by atoms with Crippen molar-refractivity contribution in [2.24, 2.45) is 5.92 Å². The van der Waals surface area contributed by atoms with Gasteiger partial charge in [-0.05, 0) is 30.4 Å². The number of H-pyrrole nitrogens is 1. The standard InChI is InChI=1S/C19H29N2/c1-16(2)11-8-6-4-3-5-7-9-12-17-13-10-14-18-19(17)21-15-20-18/h10,13-14,16H,3-9,11-12H2,1-2H3,(H,20,21). The van der Waals surface area contributed by atoms with Crippen LogP contribution in [0.4, 0.5) is 0 Å². The Bertz CT molecular complexity index is 513. The molecule has 0 saturated carbocycles. The van der Waals surface area contributed by atoms with Gasteiger partial charge in [0.1, 0.15) is 0 Å². The van der Waals surface area contributed by atoms with E-state index in [9.17, 15) is 0 Å². The van der Waals surface area contributed by atoms with E-state index in [1.54, 1.807) is 0 Å². The van der Waals surface area contributed by atoms with E-state index >= 15 is 0 Å². The number of fused-ring (bicyclic) bond motifs is 1. The van der Waals surface area contributed by atoms with Gasteiger partial charge in [-0.1, -0.05) is 70.9 Å². The molecule has 0 bridgehead atoms. The second-order valence-corrected chi connectivity index (χ2v) is 6.57. The van der Waals surface area contributed by atoms with Crippen LogP contribution in [0.25, 0.3) is 11.0 Å². The molecular formula is C19H29N2. The summed E-state index contributed by atoms with van der Waals surface area (Å²) < 4.78 is 0. The minimum Gasteiger partial charge on any atom is -0.335 e. The average molecular weight is 285 g/mol.